The molecule has 0 saturated carbocycles. The molecule has 0 aliphatic carbocycles. The van der Waals surface area contributed by atoms with Crippen molar-refractivity contribution in [1.82, 2.24) is 20.3 Å². The van der Waals surface area contributed by atoms with Crippen LogP contribution in [0.5, 0.6) is 0 Å². The lowest BCUT2D eigenvalue weighted by atomic mass is 9.95. The third-order valence-electron chi connectivity index (χ3n) is 3.42. The summed E-state index contributed by atoms with van der Waals surface area (Å²) in [6, 6.07) is 0. The van der Waals surface area contributed by atoms with Gasteiger partial charge < -0.3 is 11.1 Å². The summed E-state index contributed by atoms with van der Waals surface area (Å²) in [5.41, 5.74) is 5.61. The second-order valence-corrected chi connectivity index (χ2v) is 5.10. The van der Waals surface area contributed by atoms with Gasteiger partial charge in [0.05, 0.1) is 6.17 Å². The minimum absolute atomic E-state index is 0.227. The van der Waals surface area contributed by atoms with Gasteiger partial charge in [-0.1, -0.05) is 0 Å². The molecule has 2 heterocycles. The Morgan fingerprint density at radius 2 is 1.74 bits per heavy atom. The Balaban J connectivity index is 2.35. The van der Waals surface area contributed by atoms with Crippen molar-refractivity contribution in [3.8, 4) is 0 Å². The van der Waals surface area contributed by atoms with Crippen LogP contribution >= 0.6 is 0 Å². The van der Waals surface area contributed by atoms with Crippen LogP contribution in [0.25, 0.3) is 0 Å². The van der Waals surface area contributed by atoms with E-state index in [-0.39, 0.29) is 12.2 Å². The zero-order valence-corrected chi connectivity index (χ0v) is 11.4. The molecule has 0 radical (unpaired) electrons. The first kappa shape index (κ1) is 17.8. The Labute approximate surface area is 125 Å². The van der Waals surface area contributed by atoms with Gasteiger partial charge in [-0.25, -0.2) is 15.0 Å². The standard InChI is InChI=1S/C11H12F7N5/c12-9(13,10(14,15)11(16,17)18)8-22-4-21-7(23-8)5-1-2-20-6(19)3-5/h4-6,20H,1-3,19H2. The van der Waals surface area contributed by atoms with E-state index in [0.29, 0.717) is 19.3 Å². The highest BCUT2D eigenvalue weighted by atomic mass is 19.4. The summed E-state index contributed by atoms with van der Waals surface area (Å²) in [4.78, 5) is 9.54. The Morgan fingerprint density at radius 1 is 1.09 bits per heavy atom. The van der Waals surface area contributed by atoms with E-state index in [1.165, 1.54) is 0 Å². The number of nitrogens with two attached hydrogens (primary N) is 1. The predicted molar refractivity (Wildman–Crippen MR) is 62.7 cm³/mol. The average Bonchev–Trinajstić information content (AvgIpc) is 2.46. The van der Waals surface area contributed by atoms with Gasteiger partial charge in [0.2, 0.25) is 5.82 Å². The van der Waals surface area contributed by atoms with E-state index in [2.05, 4.69) is 20.3 Å². The van der Waals surface area contributed by atoms with Crippen molar-refractivity contribution in [3.05, 3.63) is 18.0 Å². The Morgan fingerprint density at radius 3 is 2.30 bits per heavy atom. The van der Waals surface area contributed by atoms with Crippen molar-refractivity contribution in [2.75, 3.05) is 6.54 Å². The van der Waals surface area contributed by atoms with E-state index < -0.39 is 35.9 Å². The van der Waals surface area contributed by atoms with Crippen LogP contribution < -0.4 is 11.1 Å². The maximum atomic E-state index is 13.6. The van der Waals surface area contributed by atoms with Crippen LogP contribution in [0.4, 0.5) is 30.7 Å². The zero-order chi connectivity index (χ0) is 17.5. The van der Waals surface area contributed by atoms with E-state index in [0.717, 1.165) is 0 Å². The summed E-state index contributed by atoms with van der Waals surface area (Å²) in [7, 11) is 0. The minimum Gasteiger partial charge on any atom is -0.316 e. The molecule has 2 atom stereocenters. The van der Waals surface area contributed by atoms with E-state index in [9.17, 15) is 30.7 Å². The fourth-order valence-electron chi connectivity index (χ4n) is 2.16. The van der Waals surface area contributed by atoms with Gasteiger partial charge in [0, 0.05) is 5.92 Å². The number of piperidine rings is 1. The third kappa shape index (κ3) is 3.22. The number of nitrogens with one attached hydrogen (secondary N) is 1. The van der Waals surface area contributed by atoms with Gasteiger partial charge in [0.25, 0.3) is 0 Å². The molecule has 1 aliphatic rings. The summed E-state index contributed by atoms with van der Waals surface area (Å²) in [6.07, 6.45) is -5.83. The van der Waals surface area contributed by atoms with Crippen molar-refractivity contribution in [2.24, 2.45) is 5.73 Å². The van der Waals surface area contributed by atoms with Crippen molar-refractivity contribution in [2.45, 2.75) is 42.9 Å². The maximum absolute atomic E-state index is 13.6. The first-order valence-corrected chi connectivity index (χ1v) is 6.47. The molecule has 12 heteroatoms. The summed E-state index contributed by atoms with van der Waals surface area (Å²) >= 11 is 0. The number of nitrogens with zero attached hydrogens (tertiary/aromatic N) is 3. The summed E-state index contributed by atoms with van der Waals surface area (Å²) in [5.74, 6) is -14.7. The van der Waals surface area contributed by atoms with Crippen LogP contribution in [-0.4, -0.2) is 39.8 Å². The number of rotatable bonds is 3. The van der Waals surface area contributed by atoms with Gasteiger partial charge in [-0.05, 0) is 19.4 Å². The monoisotopic (exact) mass is 347 g/mol. The number of alkyl halides is 7. The van der Waals surface area contributed by atoms with Crippen molar-refractivity contribution in [1.29, 1.82) is 0 Å². The normalized spacial score (nSPS) is 23.8. The fourth-order valence-corrected chi connectivity index (χ4v) is 2.16. The zero-order valence-electron chi connectivity index (χ0n) is 11.4. The first-order valence-electron chi connectivity index (χ1n) is 6.47. The average molecular weight is 347 g/mol. The largest absolute Gasteiger partial charge is 0.460 e. The molecule has 5 nitrogen and oxygen atoms in total. The molecule has 130 valence electrons. The molecule has 1 fully saturated rings. The molecule has 0 bridgehead atoms. The molecule has 3 N–H and O–H groups in total. The fraction of sp³-hybridized carbons (Fsp3) is 0.727. The predicted octanol–water partition coefficient (Wildman–Crippen LogP) is 1.91. The molecule has 1 aliphatic heterocycles. The number of halogens is 7. The van der Waals surface area contributed by atoms with Gasteiger partial charge in [-0.3, -0.25) is 0 Å². The van der Waals surface area contributed by atoms with Gasteiger partial charge >= 0.3 is 18.0 Å². The molecule has 1 aromatic heterocycles. The number of aromatic nitrogens is 3. The first-order chi connectivity index (χ1) is 10.5. The Bertz CT molecular complexity index is 562. The van der Waals surface area contributed by atoms with Crippen molar-refractivity contribution in [3.63, 3.8) is 0 Å². The maximum Gasteiger partial charge on any atom is 0.460 e. The van der Waals surface area contributed by atoms with E-state index >= 15 is 0 Å². The topological polar surface area (TPSA) is 76.7 Å². The molecule has 0 amide bonds. The van der Waals surface area contributed by atoms with Gasteiger partial charge in [-0.15, -0.1) is 0 Å². The Kier molecular flexibility index (Phi) is 4.50. The molecule has 1 saturated heterocycles. The lowest BCUT2D eigenvalue weighted by Gasteiger charge is -2.29. The van der Waals surface area contributed by atoms with Gasteiger partial charge in [0.15, 0.2) is 0 Å². The van der Waals surface area contributed by atoms with Gasteiger partial charge in [-0.2, -0.15) is 30.7 Å². The van der Waals surface area contributed by atoms with E-state index in [1.54, 1.807) is 0 Å². The molecule has 0 spiro atoms. The number of hydrogen-bond acceptors (Lipinski definition) is 5. The summed E-state index contributed by atoms with van der Waals surface area (Å²) in [5, 5.41) is 2.86. The van der Waals surface area contributed by atoms with Gasteiger partial charge in [0.1, 0.15) is 12.2 Å². The van der Waals surface area contributed by atoms with Crippen molar-refractivity contribution < 1.29 is 30.7 Å². The minimum atomic E-state index is -6.44. The lowest BCUT2D eigenvalue weighted by Crippen LogP contribution is -2.51. The van der Waals surface area contributed by atoms with E-state index in [4.69, 9.17) is 5.73 Å². The molecule has 0 aromatic carbocycles. The summed E-state index contributed by atoms with van der Waals surface area (Å²) in [6.45, 7) is 0.405. The summed E-state index contributed by atoms with van der Waals surface area (Å²) < 4.78 is 89.8. The highest BCUT2D eigenvalue weighted by Gasteiger charge is 2.75. The highest BCUT2D eigenvalue weighted by molar-refractivity contribution is 5.09. The molecule has 2 rings (SSSR count). The molecular formula is C11H12F7N5. The smallest absolute Gasteiger partial charge is 0.316 e. The number of hydrogen-bond donors (Lipinski definition) is 2. The molecule has 2 unspecified atom stereocenters. The van der Waals surface area contributed by atoms with Crippen LogP contribution in [0, 0.1) is 0 Å². The molecular weight excluding hydrogens is 335 g/mol. The highest BCUT2D eigenvalue weighted by Crippen LogP contribution is 2.50. The Hall–Kier alpha value is -1.56. The molecule has 1 aromatic rings. The lowest BCUT2D eigenvalue weighted by molar-refractivity contribution is -0.361. The van der Waals surface area contributed by atoms with Crippen LogP contribution in [0.3, 0.4) is 0 Å². The van der Waals surface area contributed by atoms with Crippen LogP contribution in [0.1, 0.15) is 30.4 Å². The second kappa shape index (κ2) is 5.82. The van der Waals surface area contributed by atoms with Crippen LogP contribution in [-0.2, 0) is 5.92 Å². The second-order valence-electron chi connectivity index (χ2n) is 5.10. The van der Waals surface area contributed by atoms with Crippen molar-refractivity contribution >= 4 is 0 Å². The van der Waals surface area contributed by atoms with E-state index in [1.807, 2.05) is 0 Å². The SMILES string of the molecule is NC1CC(c2ncnc(C(F)(F)C(F)(F)C(F)(F)F)n2)CCN1. The van der Waals surface area contributed by atoms with Crippen LogP contribution in [0.15, 0.2) is 6.33 Å². The molecule has 23 heavy (non-hydrogen) atoms. The quantitative estimate of drug-likeness (QED) is 0.817. The third-order valence-corrected chi connectivity index (χ3v) is 3.42. The van der Waals surface area contributed by atoms with Crippen LogP contribution in [0.2, 0.25) is 0 Å².